The van der Waals surface area contributed by atoms with Gasteiger partial charge in [-0.2, -0.15) is 0 Å². The van der Waals surface area contributed by atoms with E-state index in [4.69, 9.17) is 5.11 Å². The first kappa shape index (κ1) is 17.4. The molecule has 1 saturated heterocycles. The molecule has 1 amide bonds. The van der Waals surface area contributed by atoms with Crippen LogP contribution < -0.4 is 0 Å². The number of β-amino-alcohol motifs (C(OH)–C–C–N with tert-alkyl or cyclic N) is 1. The van der Waals surface area contributed by atoms with Crippen LogP contribution in [0.15, 0.2) is 24.3 Å². The lowest BCUT2D eigenvalue weighted by molar-refractivity contribution is -0.132. The van der Waals surface area contributed by atoms with Crippen molar-refractivity contribution in [3.63, 3.8) is 0 Å². The fraction of sp³-hybridized carbons (Fsp3) is 0.632. The minimum atomic E-state index is 0.221. The molecule has 2 aliphatic rings. The Balaban J connectivity index is 1.45. The molecule has 5 heteroatoms. The molecule has 132 valence electrons. The molecule has 0 saturated carbocycles. The van der Waals surface area contributed by atoms with Crippen molar-refractivity contribution in [3.05, 3.63) is 35.4 Å². The standard InChI is InChI=1S/C19H29N3O2/c1-16-14-20(10-11-21(16)12-13-23)8-7-19(24)22-9-6-17-4-2-3-5-18(17)15-22/h2-5,16,23H,6-15H2,1H3. The number of rotatable bonds is 5. The number of fused-ring (bicyclic) bond motifs is 1. The van der Waals surface area contributed by atoms with Gasteiger partial charge in [-0.3, -0.25) is 9.69 Å². The van der Waals surface area contributed by atoms with E-state index >= 15 is 0 Å². The predicted octanol–water partition coefficient (Wildman–Crippen LogP) is 0.960. The Morgan fingerprint density at radius 1 is 1.17 bits per heavy atom. The molecule has 24 heavy (non-hydrogen) atoms. The van der Waals surface area contributed by atoms with Gasteiger partial charge in [0.15, 0.2) is 0 Å². The third-order valence-electron chi connectivity index (χ3n) is 5.36. The largest absolute Gasteiger partial charge is 0.395 e. The fourth-order valence-corrected chi connectivity index (χ4v) is 3.85. The van der Waals surface area contributed by atoms with Crippen LogP contribution >= 0.6 is 0 Å². The summed E-state index contributed by atoms with van der Waals surface area (Å²) in [4.78, 5) is 19.3. The zero-order chi connectivity index (χ0) is 16.9. The molecular formula is C19H29N3O2. The molecule has 0 aliphatic carbocycles. The molecule has 1 aromatic rings. The molecule has 1 unspecified atom stereocenters. The molecule has 0 radical (unpaired) electrons. The summed E-state index contributed by atoms with van der Waals surface area (Å²) in [5.74, 6) is 0.273. The van der Waals surface area contributed by atoms with E-state index in [-0.39, 0.29) is 12.5 Å². The highest BCUT2D eigenvalue weighted by Crippen LogP contribution is 2.19. The average molecular weight is 331 g/mol. The van der Waals surface area contributed by atoms with Crippen molar-refractivity contribution >= 4 is 5.91 Å². The van der Waals surface area contributed by atoms with Gasteiger partial charge in [0.2, 0.25) is 5.91 Å². The molecule has 1 atom stereocenters. The zero-order valence-corrected chi connectivity index (χ0v) is 14.7. The van der Waals surface area contributed by atoms with E-state index in [2.05, 4.69) is 41.0 Å². The van der Waals surface area contributed by atoms with Crippen molar-refractivity contribution in [2.75, 3.05) is 45.9 Å². The quantitative estimate of drug-likeness (QED) is 0.873. The Hall–Kier alpha value is -1.43. The van der Waals surface area contributed by atoms with Gasteiger partial charge >= 0.3 is 0 Å². The van der Waals surface area contributed by atoms with E-state index in [0.717, 1.165) is 52.2 Å². The molecule has 0 spiro atoms. The number of aliphatic hydroxyl groups is 1. The topological polar surface area (TPSA) is 47.0 Å². The summed E-state index contributed by atoms with van der Waals surface area (Å²) < 4.78 is 0. The molecule has 1 fully saturated rings. The highest BCUT2D eigenvalue weighted by atomic mass is 16.3. The van der Waals surface area contributed by atoms with E-state index in [1.54, 1.807) is 0 Å². The number of nitrogens with zero attached hydrogens (tertiary/aromatic N) is 3. The molecule has 0 aromatic heterocycles. The third-order valence-corrected chi connectivity index (χ3v) is 5.36. The minimum Gasteiger partial charge on any atom is -0.395 e. The first-order valence-corrected chi connectivity index (χ1v) is 9.09. The number of carbonyl (C=O) groups excluding carboxylic acids is 1. The molecule has 3 rings (SSSR count). The van der Waals surface area contributed by atoms with Crippen LogP contribution in [0.2, 0.25) is 0 Å². The molecule has 5 nitrogen and oxygen atoms in total. The lowest BCUT2D eigenvalue weighted by Crippen LogP contribution is -2.53. The Morgan fingerprint density at radius 2 is 1.96 bits per heavy atom. The number of aliphatic hydroxyl groups excluding tert-OH is 1. The molecule has 2 aliphatic heterocycles. The highest BCUT2D eigenvalue weighted by Gasteiger charge is 2.25. The number of benzene rings is 1. The lowest BCUT2D eigenvalue weighted by Gasteiger charge is -2.39. The van der Waals surface area contributed by atoms with Crippen LogP contribution in [0.4, 0.5) is 0 Å². The van der Waals surface area contributed by atoms with Gasteiger partial charge in [-0.05, 0) is 24.5 Å². The maximum absolute atomic E-state index is 12.6. The van der Waals surface area contributed by atoms with Crippen LogP contribution in [-0.4, -0.2) is 77.6 Å². The number of hydrogen-bond acceptors (Lipinski definition) is 4. The summed E-state index contributed by atoms with van der Waals surface area (Å²) in [5.41, 5.74) is 2.68. The third kappa shape index (κ3) is 4.15. The van der Waals surface area contributed by atoms with Gasteiger partial charge in [0.25, 0.3) is 0 Å². The predicted molar refractivity (Wildman–Crippen MR) is 94.7 cm³/mol. The summed E-state index contributed by atoms with van der Waals surface area (Å²) in [6.07, 6.45) is 1.58. The summed E-state index contributed by atoms with van der Waals surface area (Å²) in [6, 6.07) is 8.89. The van der Waals surface area contributed by atoms with E-state index in [9.17, 15) is 4.79 Å². The van der Waals surface area contributed by atoms with Crippen LogP contribution in [0.3, 0.4) is 0 Å². The summed E-state index contributed by atoms with van der Waals surface area (Å²) in [5, 5.41) is 9.09. The summed E-state index contributed by atoms with van der Waals surface area (Å²) in [6.45, 7) is 8.57. The maximum atomic E-state index is 12.6. The molecule has 1 N–H and O–H groups in total. The Labute approximate surface area is 144 Å². The number of carbonyl (C=O) groups is 1. The van der Waals surface area contributed by atoms with Crippen molar-refractivity contribution < 1.29 is 9.90 Å². The van der Waals surface area contributed by atoms with Gasteiger partial charge in [-0.1, -0.05) is 24.3 Å². The zero-order valence-electron chi connectivity index (χ0n) is 14.7. The van der Waals surface area contributed by atoms with Crippen molar-refractivity contribution in [2.45, 2.75) is 32.4 Å². The van der Waals surface area contributed by atoms with Crippen molar-refractivity contribution in [3.8, 4) is 0 Å². The minimum absolute atomic E-state index is 0.221. The first-order valence-electron chi connectivity index (χ1n) is 9.09. The number of amides is 1. The van der Waals surface area contributed by atoms with E-state index in [1.807, 2.05) is 4.90 Å². The highest BCUT2D eigenvalue weighted by molar-refractivity contribution is 5.76. The Bertz CT molecular complexity index is 563. The molecule has 1 aromatic carbocycles. The van der Waals surface area contributed by atoms with Crippen LogP contribution in [0.5, 0.6) is 0 Å². The Kier molecular flexibility index (Phi) is 5.87. The van der Waals surface area contributed by atoms with E-state index < -0.39 is 0 Å². The van der Waals surface area contributed by atoms with Crippen molar-refractivity contribution in [2.24, 2.45) is 0 Å². The van der Waals surface area contributed by atoms with Crippen LogP contribution in [0.1, 0.15) is 24.5 Å². The number of hydrogen-bond donors (Lipinski definition) is 1. The van der Waals surface area contributed by atoms with Gasteiger partial charge in [-0.25, -0.2) is 0 Å². The van der Waals surface area contributed by atoms with Gasteiger partial charge in [-0.15, -0.1) is 0 Å². The average Bonchev–Trinajstić information content (AvgIpc) is 2.61. The van der Waals surface area contributed by atoms with E-state index in [1.165, 1.54) is 11.1 Å². The van der Waals surface area contributed by atoms with Gasteiger partial charge in [0, 0.05) is 58.3 Å². The smallest absolute Gasteiger partial charge is 0.224 e. The normalized spacial score (nSPS) is 22.4. The first-order chi connectivity index (χ1) is 11.7. The molecule has 2 heterocycles. The van der Waals surface area contributed by atoms with Gasteiger partial charge in [0.1, 0.15) is 0 Å². The van der Waals surface area contributed by atoms with Crippen molar-refractivity contribution in [1.82, 2.24) is 14.7 Å². The second kappa shape index (κ2) is 8.10. The van der Waals surface area contributed by atoms with Gasteiger partial charge < -0.3 is 14.9 Å². The molecule has 0 bridgehead atoms. The summed E-state index contributed by atoms with van der Waals surface area (Å²) >= 11 is 0. The van der Waals surface area contributed by atoms with Crippen LogP contribution in [0, 0.1) is 0 Å². The second-order valence-electron chi connectivity index (χ2n) is 6.99. The van der Waals surface area contributed by atoms with Crippen molar-refractivity contribution in [1.29, 1.82) is 0 Å². The SMILES string of the molecule is CC1CN(CCC(=O)N2CCc3ccccc3C2)CCN1CCO. The van der Waals surface area contributed by atoms with E-state index in [0.29, 0.717) is 12.5 Å². The Morgan fingerprint density at radius 3 is 2.71 bits per heavy atom. The second-order valence-corrected chi connectivity index (χ2v) is 6.99. The maximum Gasteiger partial charge on any atom is 0.224 e. The fourth-order valence-electron chi connectivity index (χ4n) is 3.85. The molecular weight excluding hydrogens is 302 g/mol. The van der Waals surface area contributed by atoms with Gasteiger partial charge in [0.05, 0.1) is 6.61 Å². The summed E-state index contributed by atoms with van der Waals surface area (Å²) in [7, 11) is 0. The van der Waals surface area contributed by atoms with Crippen LogP contribution in [-0.2, 0) is 17.8 Å². The number of piperazine rings is 1. The van der Waals surface area contributed by atoms with Crippen LogP contribution in [0.25, 0.3) is 0 Å². The lowest BCUT2D eigenvalue weighted by atomic mass is 10.00. The monoisotopic (exact) mass is 331 g/mol.